The van der Waals surface area contributed by atoms with Gasteiger partial charge in [-0.3, -0.25) is 0 Å². The molecule has 0 unspecified atom stereocenters. The van der Waals surface area contributed by atoms with Crippen LogP contribution >= 0.6 is 28.3 Å². The molecule has 0 aromatic heterocycles. The van der Waals surface area contributed by atoms with E-state index in [9.17, 15) is 18.3 Å². The number of rotatable bonds is 4. The van der Waals surface area contributed by atoms with Gasteiger partial charge in [0.1, 0.15) is 11.8 Å². The fourth-order valence-electron chi connectivity index (χ4n) is 1.40. The predicted molar refractivity (Wildman–Crippen MR) is 71.5 cm³/mol. The van der Waals surface area contributed by atoms with Gasteiger partial charge in [-0.05, 0) is 33.6 Å². The summed E-state index contributed by atoms with van der Waals surface area (Å²) in [6, 6.07) is 2.51. The average molecular weight is 365 g/mol. The fraction of sp³-hybridized carbons (Fsp3) is 0.455. The Hall–Kier alpha value is -0.500. The van der Waals surface area contributed by atoms with E-state index in [-0.39, 0.29) is 12.4 Å². The van der Waals surface area contributed by atoms with Crippen LogP contribution in [0.3, 0.4) is 0 Å². The van der Waals surface area contributed by atoms with Crippen molar-refractivity contribution in [3.05, 3.63) is 28.2 Å². The number of hydrogen-bond acceptors (Lipinski definition) is 3. The zero-order valence-electron chi connectivity index (χ0n) is 9.95. The smallest absolute Gasteiger partial charge is 0.403 e. The van der Waals surface area contributed by atoms with E-state index in [0.717, 1.165) is 0 Å². The van der Waals surface area contributed by atoms with E-state index in [4.69, 9.17) is 10.5 Å². The van der Waals surface area contributed by atoms with Gasteiger partial charge >= 0.3 is 6.18 Å². The Bertz CT molecular complexity index is 417. The van der Waals surface area contributed by atoms with E-state index in [2.05, 4.69) is 15.9 Å². The van der Waals surface area contributed by atoms with Crippen LogP contribution in [0.15, 0.2) is 22.7 Å². The van der Waals surface area contributed by atoms with Crippen molar-refractivity contribution < 1.29 is 23.0 Å². The van der Waals surface area contributed by atoms with E-state index in [1.54, 1.807) is 6.07 Å². The first-order valence-corrected chi connectivity index (χ1v) is 5.88. The summed E-state index contributed by atoms with van der Waals surface area (Å²) >= 11 is 3.19. The molecular weight excluding hydrogens is 350 g/mol. The van der Waals surface area contributed by atoms with Gasteiger partial charge < -0.3 is 15.6 Å². The first kappa shape index (κ1) is 18.5. The third kappa shape index (κ3) is 5.18. The number of aliphatic hydroxyl groups is 1. The maximum atomic E-state index is 12.3. The van der Waals surface area contributed by atoms with Crippen LogP contribution < -0.4 is 10.5 Å². The van der Waals surface area contributed by atoms with Crippen LogP contribution in [0.2, 0.25) is 0 Å². The lowest BCUT2D eigenvalue weighted by atomic mass is 10.0. The van der Waals surface area contributed by atoms with Crippen molar-refractivity contribution in [1.29, 1.82) is 0 Å². The third-order valence-electron chi connectivity index (χ3n) is 2.46. The molecule has 1 aromatic rings. The molecule has 0 aliphatic heterocycles. The highest BCUT2D eigenvalue weighted by atomic mass is 79.9. The molecule has 110 valence electrons. The van der Waals surface area contributed by atoms with Gasteiger partial charge in [-0.2, -0.15) is 13.2 Å². The molecule has 0 bridgehead atoms. The molecular formula is C11H14BrClF3NO2. The lowest BCUT2D eigenvalue weighted by Crippen LogP contribution is -2.38. The molecule has 1 rings (SSSR count). The highest BCUT2D eigenvalue weighted by Gasteiger charge is 2.37. The SMILES string of the molecule is COc1ccc([C@H](O)C[C@H](N)C(F)(F)F)cc1Br.Cl. The topological polar surface area (TPSA) is 55.5 Å². The van der Waals surface area contributed by atoms with Gasteiger partial charge in [0.25, 0.3) is 0 Å². The van der Waals surface area contributed by atoms with Crippen LogP contribution in [-0.2, 0) is 0 Å². The molecule has 0 radical (unpaired) electrons. The molecule has 0 spiro atoms. The highest BCUT2D eigenvalue weighted by molar-refractivity contribution is 9.10. The van der Waals surface area contributed by atoms with E-state index in [1.165, 1.54) is 19.2 Å². The van der Waals surface area contributed by atoms with Gasteiger partial charge in [-0.1, -0.05) is 6.07 Å². The Balaban J connectivity index is 0.00000324. The summed E-state index contributed by atoms with van der Waals surface area (Å²) in [5, 5.41) is 9.70. The number of halogens is 5. The molecule has 0 aliphatic carbocycles. The second-order valence-corrected chi connectivity index (χ2v) is 4.65. The van der Waals surface area contributed by atoms with Crippen LogP contribution in [0.1, 0.15) is 18.1 Å². The minimum atomic E-state index is -4.51. The van der Waals surface area contributed by atoms with Crippen molar-refractivity contribution >= 4 is 28.3 Å². The minimum Gasteiger partial charge on any atom is -0.496 e. The zero-order chi connectivity index (χ0) is 13.9. The summed E-state index contributed by atoms with van der Waals surface area (Å²) < 4.78 is 42.3. The first-order valence-electron chi connectivity index (χ1n) is 5.09. The van der Waals surface area contributed by atoms with Crippen molar-refractivity contribution in [3.8, 4) is 5.75 Å². The molecule has 3 nitrogen and oxygen atoms in total. The van der Waals surface area contributed by atoms with E-state index in [1.807, 2.05) is 0 Å². The Morgan fingerprint density at radius 1 is 1.42 bits per heavy atom. The van der Waals surface area contributed by atoms with Crippen LogP contribution in [0.5, 0.6) is 5.75 Å². The summed E-state index contributed by atoms with van der Waals surface area (Å²) in [7, 11) is 1.47. The molecule has 0 saturated heterocycles. The molecule has 2 atom stereocenters. The van der Waals surface area contributed by atoms with Gasteiger partial charge in [0.2, 0.25) is 0 Å². The van der Waals surface area contributed by atoms with Crippen molar-refractivity contribution in [2.75, 3.05) is 7.11 Å². The Kier molecular flexibility index (Phi) is 7.13. The molecule has 1 aromatic carbocycles. The third-order valence-corrected chi connectivity index (χ3v) is 3.08. The maximum absolute atomic E-state index is 12.3. The van der Waals surface area contributed by atoms with Gasteiger partial charge in [-0.25, -0.2) is 0 Å². The number of hydrogen-bond donors (Lipinski definition) is 2. The molecule has 3 N–H and O–H groups in total. The number of benzene rings is 1. The predicted octanol–water partition coefficient (Wildman–Crippen LogP) is 3.19. The Morgan fingerprint density at radius 3 is 2.42 bits per heavy atom. The van der Waals surface area contributed by atoms with Crippen LogP contribution in [0.4, 0.5) is 13.2 Å². The molecule has 0 saturated carbocycles. The lowest BCUT2D eigenvalue weighted by Gasteiger charge is -2.19. The Labute approximate surface area is 123 Å². The Morgan fingerprint density at radius 2 is 2.00 bits per heavy atom. The van der Waals surface area contributed by atoms with Crippen molar-refractivity contribution in [1.82, 2.24) is 0 Å². The highest BCUT2D eigenvalue weighted by Crippen LogP contribution is 2.31. The summed E-state index contributed by atoms with van der Waals surface area (Å²) in [5.41, 5.74) is 5.31. The summed E-state index contributed by atoms with van der Waals surface area (Å²) in [6.45, 7) is 0. The molecule has 0 aliphatic rings. The maximum Gasteiger partial charge on any atom is 0.403 e. The van der Waals surface area contributed by atoms with Gasteiger partial charge in [0, 0.05) is 6.42 Å². The van der Waals surface area contributed by atoms with Crippen molar-refractivity contribution in [2.45, 2.75) is 24.7 Å². The zero-order valence-corrected chi connectivity index (χ0v) is 12.3. The first-order chi connectivity index (χ1) is 8.25. The second-order valence-electron chi connectivity index (χ2n) is 3.79. The average Bonchev–Trinajstić information content (AvgIpc) is 2.27. The quantitative estimate of drug-likeness (QED) is 0.863. The summed E-state index contributed by atoms with van der Waals surface area (Å²) in [5.74, 6) is 0.533. The van der Waals surface area contributed by atoms with E-state index in [0.29, 0.717) is 15.8 Å². The number of ether oxygens (including phenoxy) is 1. The largest absolute Gasteiger partial charge is 0.496 e. The van der Waals surface area contributed by atoms with E-state index < -0.39 is 24.7 Å². The van der Waals surface area contributed by atoms with Crippen molar-refractivity contribution in [3.63, 3.8) is 0 Å². The van der Waals surface area contributed by atoms with Gasteiger partial charge in [0.15, 0.2) is 0 Å². The fourth-order valence-corrected chi connectivity index (χ4v) is 1.96. The normalized spacial score (nSPS) is 14.5. The lowest BCUT2D eigenvalue weighted by molar-refractivity contribution is -0.153. The number of alkyl halides is 3. The molecule has 0 heterocycles. The van der Waals surface area contributed by atoms with Crippen LogP contribution in [0.25, 0.3) is 0 Å². The standard InChI is InChI=1S/C11H13BrF3NO2.ClH/c1-18-9-3-2-6(4-7(9)12)8(17)5-10(16)11(13,14)15;/h2-4,8,10,17H,5,16H2,1H3;1H/t8-,10+;/m1./s1. The monoisotopic (exact) mass is 363 g/mol. The van der Waals surface area contributed by atoms with Crippen LogP contribution in [-0.4, -0.2) is 24.4 Å². The number of aliphatic hydroxyl groups excluding tert-OH is 1. The molecule has 0 amide bonds. The van der Waals surface area contributed by atoms with E-state index >= 15 is 0 Å². The molecule has 0 fully saturated rings. The summed E-state index contributed by atoms with van der Waals surface area (Å²) in [6.07, 6.45) is -6.36. The van der Waals surface area contributed by atoms with Crippen molar-refractivity contribution in [2.24, 2.45) is 5.73 Å². The van der Waals surface area contributed by atoms with Gasteiger partial charge in [0.05, 0.1) is 17.7 Å². The molecule has 19 heavy (non-hydrogen) atoms. The second kappa shape index (κ2) is 7.33. The summed E-state index contributed by atoms with van der Waals surface area (Å²) in [4.78, 5) is 0. The minimum absolute atomic E-state index is 0. The molecule has 8 heteroatoms. The van der Waals surface area contributed by atoms with Gasteiger partial charge in [-0.15, -0.1) is 12.4 Å². The number of nitrogens with two attached hydrogens (primary N) is 1. The van der Waals surface area contributed by atoms with Crippen LogP contribution in [0, 0.1) is 0 Å². The number of methoxy groups -OCH3 is 1.